The van der Waals surface area contributed by atoms with Gasteiger partial charge in [0.1, 0.15) is 11.2 Å². The maximum Gasteiger partial charge on any atom is 0.164 e. The molecule has 0 aliphatic rings. The van der Waals surface area contributed by atoms with Crippen LogP contribution in [0.4, 0.5) is 0 Å². The number of benzene rings is 9. The molecule has 9 aromatic carbocycles. The SMILES string of the molecule is c1ccc(-c2nc(-c3ccc4ccccc4c3-c3cccc4oc5ccccc5c34)nc(-c3cc4c5ccccc5ccc4c4ccccc34)n2)cc1. The fraction of sp³-hybridized carbons (Fsp3) is 0. The van der Waals surface area contributed by atoms with Gasteiger partial charge in [-0.1, -0.05) is 152 Å². The van der Waals surface area contributed by atoms with E-state index in [1.165, 1.54) is 26.9 Å². The summed E-state index contributed by atoms with van der Waals surface area (Å²) in [6, 6.07) is 61.5. The summed E-state index contributed by atoms with van der Waals surface area (Å²) in [5, 5.41) is 11.5. The topological polar surface area (TPSA) is 51.8 Å². The number of nitrogens with zero attached hydrogens (tertiary/aromatic N) is 3. The first-order valence-corrected chi connectivity index (χ1v) is 17.9. The number of para-hydroxylation sites is 1. The first-order chi connectivity index (χ1) is 26.3. The van der Waals surface area contributed by atoms with Crippen LogP contribution in [-0.4, -0.2) is 15.0 Å². The summed E-state index contributed by atoms with van der Waals surface area (Å²) >= 11 is 0. The summed E-state index contributed by atoms with van der Waals surface area (Å²) < 4.78 is 6.39. The van der Waals surface area contributed by atoms with E-state index >= 15 is 0 Å². The molecule has 0 radical (unpaired) electrons. The van der Waals surface area contributed by atoms with Crippen molar-refractivity contribution >= 4 is 65.0 Å². The predicted molar refractivity (Wildman–Crippen MR) is 219 cm³/mol. The molecule has 0 atom stereocenters. The van der Waals surface area contributed by atoms with Crippen LogP contribution in [0.5, 0.6) is 0 Å². The second kappa shape index (κ2) is 11.7. The molecule has 0 unspecified atom stereocenters. The molecule has 0 aliphatic carbocycles. The Morgan fingerprint density at radius 1 is 0.321 bits per heavy atom. The van der Waals surface area contributed by atoms with Crippen molar-refractivity contribution in [1.82, 2.24) is 15.0 Å². The van der Waals surface area contributed by atoms with Crippen LogP contribution in [0.2, 0.25) is 0 Å². The van der Waals surface area contributed by atoms with Crippen LogP contribution >= 0.6 is 0 Å². The molecular formula is C49H29N3O. The zero-order chi connectivity index (χ0) is 34.9. The highest BCUT2D eigenvalue weighted by molar-refractivity contribution is 6.21. The fourth-order valence-corrected chi connectivity index (χ4v) is 8.11. The molecule has 0 spiro atoms. The molecule has 0 bridgehead atoms. The van der Waals surface area contributed by atoms with Crippen LogP contribution in [0.25, 0.3) is 110 Å². The van der Waals surface area contributed by atoms with E-state index in [0.29, 0.717) is 17.5 Å². The summed E-state index contributed by atoms with van der Waals surface area (Å²) in [5.74, 6) is 1.87. The molecule has 0 saturated carbocycles. The van der Waals surface area contributed by atoms with E-state index in [9.17, 15) is 0 Å². The zero-order valence-corrected chi connectivity index (χ0v) is 28.5. The largest absolute Gasteiger partial charge is 0.456 e. The van der Waals surface area contributed by atoms with E-state index in [-0.39, 0.29) is 0 Å². The average molecular weight is 676 g/mol. The van der Waals surface area contributed by atoms with Gasteiger partial charge < -0.3 is 4.42 Å². The Kier molecular flexibility index (Phi) is 6.52. The van der Waals surface area contributed by atoms with Crippen LogP contribution in [-0.2, 0) is 0 Å². The number of fused-ring (bicyclic) bond motifs is 9. The van der Waals surface area contributed by atoms with Crippen LogP contribution in [0.15, 0.2) is 180 Å². The number of hydrogen-bond donors (Lipinski definition) is 0. The molecule has 11 rings (SSSR count). The normalized spacial score (nSPS) is 11.8. The molecule has 246 valence electrons. The van der Waals surface area contributed by atoms with Gasteiger partial charge in [-0.05, 0) is 72.9 Å². The lowest BCUT2D eigenvalue weighted by Gasteiger charge is -2.16. The van der Waals surface area contributed by atoms with E-state index in [1.807, 2.05) is 36.4 Å². The molecule has 53 heavy (non-hydrogen) atoms. The Hall–Kier alpha value is -7.17. The molecule has 0 N–H and O–H groups in total. The highest BCUT2D eigenvalue weighted by Gasteiger charge is 2.22. The van der Waals surface area contributed by atoms with Gasteiger partial charge in [-0.15, -0.1) is 0 Å². The van der Waals surface area contributed by atoms with Gasteiger partial charge in [0, 0.05) is 33.0 Å². The summed E-state index contributed by atoms with van der Waals surface area (Å²) in [4.78, 5) is 15.9. The standard InChI is InChI=1S/C49H29N3O/c1-2-15-32(16-3-1)47-50-48(52-49(51-47)42-29-41-33-17-6-4-13-30(33)25-27-37(41)35-19-8-9-20-36(35)42)40-28-26-31-14-5-7-18-34(31)45(40)39-22-12-24-44-46(39)38-21-10-11-23-43(38)53-44/h1-29H. The Morgan fingerprint density at radius 3 is 1.74 bits per heavy atom. The smallest absolute Gasteiger partial charge is 0.164 e. The Balaban J connectivity index is 1.25. The summed E-state index contributed by atoms with van der Waals surface area (Å²) in [6.07, 6.45) is 0. The van der Waals surface area contributed by atoms with E-state index in [2.05, 4.69) is 140 Å². The van der Waals surface area contributed by atoms with E-state index in [0.717, 1.165) is 65.9 Å². The van der Waals surface area contributed by atoms with Gasteiger partial charge in [0.25, 0.3) is 0 Å². The van der Waals surface area contributed by atoms with Crippen molar-refractivity contribution in [1.29, 1.82) is 0 Å². The second-order valence-electron chi connectivity index (χ2n) is 13.5. The quantitative estimate of drug-likeness (QED) is 0.174. The van der Waals surface area contributed by atoms with Gasteiger partial charge in [-0.3, -0.25) is 0 Å². The first-order valence-electron chi connectivity index (χ1n) is 17.9. The van der Waals surface area contributed by atoms with Crippen LogP contribution < -0.4 is 0 Å². The van der Waals surface area contributed by atoms with Crippen molar-refractivity contribution in [2.24, 2.45) is 0 Å². The van der Waals surface area contributed by atoms with Crippen LogP contribution in [0.3, 0.4) is 0 Å². The molecule has 11 aromatic rings. The highest BCUT2D eigenvalue weighted by atomic mass is 16.3. The Labute approximate surface area is 304 Å². The van der Waals surface area contributed by atoms with E-state index in [4.69, 9.17) is 19.4 Å². The van der Waals surface area contributed by atoms with Crippen molar-refractivity contribution in [2.45, 2.75) is 0 Å². The third kappa shape index (κ3) is 4.66. The van der Waals surface area contributed by atoms with Crippen molar-refractivity contribution in [3.8, 4) is 45.3 Å². The van der Waals surface area contributed by atoms with Crippen LogP contribution in [0.1, 0.15) is 0 Å². The summed E-state index contributed by atoms with van der Waals surface area (Å²) in [5.41, 5.74) is 6.67. The molecular weight excluding hydrogens is 647 g/mol. The lowest BCUT2D eigenvalue weighted by atomic mass is 9.90. The predicted octanol–water partition coefficient (Wildman–Crippen LogP) is 13.1. The van der Waals surface area contributed by atoms with Gasteiger partial charge in [0.15, 0.2) is 17.5 Å². The van der Waals surface area contributed by atoms with Gasteiger partial charge >= 0.3 is 0 Å². The van der Waals surface area contributed by atoms with E-state index < -0.39 is 0 Å². The Bertz CT molecular complexity index is 3240. The third-order valence-electron chi connectivity index (χ3n) is 10.5. The van der Waals surface area contributed by atoms with E-state index in [1.54, 1.807) is 0 Å². The second-order valence-corrected chi connectivity index (χ2v) is 13.5. The Morgan fingerprint density at radius 2 is 0.906 bits per heavy atom. The number of furan rings is 1. The fourth-order valence-electron chi connectivity index (χ4n) is 8.11. The first kappa shape index (κ1) is 29.5. The third-order valence-corrected chi connectivity index (χ3v) is 10.5. The lowest BCUT2D eigenvalue weighted by Crippen LogP contribution is -2.02. The minimum absolute atomic E-state index is 0.613. The number of aromatic nitrogens is 3. The molecule has 0 saturated heterocycles. The van der Waals surface area contributed by atoms with Crippen molar-refractivity contribution < 1.29 is 4.42 Å². The molecule has 2 aromatic heterocycles. The van der Waals surface area contributed by atoms with Gasteiger partial charge in [0.2, 0.25) is 0 Å². The molecule has 4 nitrogen and oxygen atoms in total. The van der Waals surface area contributed by atoms with Crippen LogP contribution in [0, 0.1) is 0 Å². The van der Waals surface area contributed by atoms with Gasteiger partial charge in [-0.25, -0.2) is 15.0 Å². The molecule has 0 fully saturated rings. The minimum Gasteiger partial charge on any atom is -0.456 e. The molecule has 0 amide bonds. The van der Waals surface area contributed by atoms with Crippen molar-refractivity contribution in [3.05, 3.63) is 176 Å². The van der Waals surface area contributed by atoms with Crippen molar-refractivity contribution in [2.75, 3.05) is 0 Å². The maximum absolute atomic E-state index is 6.39. The van der Waals surface area contributed by atoms with Gasteiger partial charge in [-0.2, -0.15) is 0 Å². The van der Waals surface area contributed by atoms with Crippen molar-refractivity contribution in [3.63, 3.8) is 0 Å². The average Bonchev–Trinajstić information content (AvgIpc) is 3.62. The maximum atomic E-state index is 6.39. The summed E-state index contributed by atoms with van der Waals surface area (Å²) in [7, 11) is 0. The highest BCUT2D eigenvalue weighted by Crippen LogP contribution is 2.44. The number of rotatable bonds is 4. The minimum atomic E-state index is 0.613. The monoisotopic (exact) mass is 675 g/mol. The molecule has 0 aliphatic heterocycles. The lowest BCUT2D eigenvalue weighted by molar-refractivity contribution is 0.669. The van der Waals surface area contributed by atoms with Gasteiger partial charge in [0.05, 0.1) is 0 Å². The number of hydrogen-bond acceptors (Lipinski definition) is 4. The molecule has 2 heterocycles. The zero-order valence-electron chi connectivity index (χ0n) is 28.5. The summed E-state index contributed by atoms with van der Waals surface area (Å²) in [6.45, 7) is 0. The molecule has 4 heteroatoms.